The molecule has 1 heterocycles. The average molecular weight is 355 g/mol. The first-order chi connectivity index (χ1) is 10.5. The fourth-order valence-electron chi connectivity index (χ4n) is 2.01. The van der Waals surface area contributed by atoms with Gasteiger partial charge in [0.1, 0.15) is 6.10 Å². The molecule has 0 bridgehead atoms. The molecule has 1 saturated heterocycles. The Hall–Kier alpha value is -0.730. The Bertz CT molecular complexity index is 364. The lowest BCUT2D eigenvalue weighted by Gasteiger charge is -2.44. The molecule has 0 radical (unpaired) electrons. The second-order valence-corrected chi connectivity index (χ2v) is 6.27. The van der Waals surface area contributed by atoms with Crippen LogP contribution in [0.2, 0.25) is 0 Å². The van der Waals surface area contributed by atoms with Crippen LogP contribution in [0.25, 0.3) is 0 Å². The van der Waals surface area contributed by atoms with E-state index in [0.717, 1.165) is 13.0 Å². The summed E-state index contributed by atoms with van der Waals surface area (Å²) in [6.07, 6.45) is -5.35. The van der Waals surface area contributed by atoms with Crippen molar-refractivity contribution in [2.45, 2.75) is 86.1 Å². The Morgan fingerprint density at radius 1 is 1.33 bits per heavy atom. The highest BCUT2D eigenvalue weighted by Gasteiger charge is 2.53. The van der Waals surface area contributed by atoms with Gasteiger partial charge in [-0.2, -0.15) is 0 Å². The zero-order chi connectivity index (χ0) is 18.4. The maximum atomic E-state index is 11.2. The van der Waals surface area contributed by atoms with Gasteiger partial charge in [-0.3, -0.25) is 0 Å². The van der Waals surface area contributed by atoms with Gasteiger partial charge in [-0.15, -0.1) is 0 Å². The third kappa shape index (κ3) is 7.44. The summed E-state index contributed by atoms with van der Waals surface area (Å²) in [5.41, 5.74) is 0. The van der Waals surface area contributed by atoms with Crippen molar-refractivity contribution in [3.63, 3.8) is 0 Å². The summed E-state index contributed by atoms with van der Waals surface area (Å²) in [5.74, 6) is -3.24. The van der Waals surface area contributed by atoms with E-state index in [1.54, 1.807) is 6.92 Å². The van der Waals surface area contributed by atoms with E-state index in [2.05, 4.69) is 20.8 Å². The lowest BCUT2D eigenvalue weighted by molar-refractivity contribution is -0.309. The van der Waals surface area contributed by atoms with E-state index in [1.165, 1.54) is 0 Å². The maximum Gasteiger partial charge on any atom is 0.364 e. The molecule has 7 heteroatoms. The normalized spacial score (nSPS) is 32.2. The van der Waals surface area contributed by atoms with E-state index in [0.29, 0.717) is 0 Å². The van der Waals surface area contributed by atoms with Gasteiger partial charge in [0.05, 0.1) is 18.3 Å². The number of carbonyl (C=O) groups is 1. The maximum absolute atomic E-state index is 11.2. The minimum absolute atomic E-state index is 0. The molecule has 0 amide bonds. The number of methoxy groups -OCH3 is 1. The predicted octanol–water partition coefficient (Wildman–Crippen LogP) is 1.88. The van der Waals surface area contributed by atoms with Crippen molar-refractivity contribution in [3.05, 3.63) is 0 Å². The van der Waals surface area contributed by atoms with Gasteiger partial charge in [0.15, 0.2) is 0 Å². The van der Waals surface area contributed by atoms with Gasteiger partial charge in [0.2, 0.25) is 0 Å². The number of hydrogen-bond donors (Lipinski definition) is 4. The number of carboxylic acids is 1. The molecule has 7 nitrogen and oxygen atoms in total. The number of aliphatic carboxylic acids is 1. The van der Waals surface area contributed by atoms with Gasteiger partial charge in [-0.05, 0) is 12.8 Å². The number of aliphatic hydroxyl groups is 3. The first-order valence-electron chi connectivity index (χ1n) is 8.02. The fourth-order valence-corrected chi connectivity index (χ4v) is 2.01. The molecular formula is C17H38O7. The highest BCUT2D eigenvalue weighted by atomic mass is 16.7. The SMILES string of the molecule is C.C.CC(C)C.[2H]CC(O)C(O)C1OC(OC)(C(=O)O)CC(O)C1C. The van der Waals surface area contributed by atoms with Gasteiger partial charge >= 0.3 is 5.97 Å². The quantitative estimate of drug-likeness (QED) is 0.608. The zero-order valence-corrected chi connectivity index (χ0v) is 13.9. The van der Waals surface area contributed by atoms with Crippen molar-refractivity contribution >= 4 is 5.97 Å². The van der Waals surface area contributed by atoms with Crippen LogP contribution in [0.3, 0.4) is 0 Å². The molecule has 1 aliphatic rings. The largest absolute Gasteiger partial charge is 0.477 e. The van der Waals surface area contributed by atoms with E-state index in [9.17, 15) is 20.1 Å². The Morgan fingerprint density at radius 3 is 2.12 bits per heavy atom. The number of carboxylic acid groups (broad SMARTS) is 1. The predicted molar refractivity (Wildman–Crippen MR) is 93.7 cm³/mol. The molecule has 1 fully saturated rings. The van der Waals surface area contributed by atoms with Crippen LogP contribution in [0.1, 0.15) is 57.2 Å². The topological polar surface area (TPSA) is 116 Å². The highest BCUT2D eigenvalue weighted by molar-refractivity contribution is 5.76. The second kappa shape index (κ2) is 11.8. The minimum atomic E-state index is -2.06. The summed E-state index contributed by atoms with van der Waals surface area (Å²) in [5, 5.41) is 38.4. The van der Waals surface area contributed by atoms with E-state index in [-0.39, 0.29) is 21.3 Å². The van der Waals surface area contributed by atoms with E-state index < -0.39 is 49.0 Å². The van der Waals surface area contributed by atoms with Gasteiger partial charge in [-0.25, -0.2) is 4.79 Å². The molecule has 0 aromatic carbocycles. The monoisotopic (exact) mass is 355 g/mol. The van der Waals surface area contributed by atoms with Gasteiger partial charge < -0.3 is 29.9 Å². The smallest absolute Gasteiger partial charge is 0.364 e. The van der Waals surface area contributed by atoms with Crippen LogP contribution >= 0.6 is 0 Å². The number of aliphatic hydroxyl groups excluding tert-OH is 3. The molecule has 24 heavy (non-hydrogen) atoms. The van der Waals surface area contributed by atoms with Crippen LogP contribution in [0, 0.1) is 11.8 Å². The Morgan fingerprint density at radius 2 is 1.79 bits per heavy atom. The third-order valence-corrected chi connectivity index (χ3v) is 3.32. The molecule has 148 valence electrons. The van der Waals surface area contributed by atoms with E-state index in [1.807, 2.05) is 0 Å². The van der Waals surface area contributed by atoms with Crippen LogP contribution in [0.4, 0.5) is 0 Å². The summed E-state index contributed by atoms with van der Waals surface area (Å²) < 4.78 is 17.1. The van der Waals surface area contributed by atoms with Gasteiger partial charge in [0, 0.05) is 20.8 Å². The molecule has 1 rings (SSSR count). The van der Waals surface area contributed by atoms with Crippen LogP contribution in [0.15, 0.2) is 0 Å². The Balaban J connectivity index is -0.000000728. The zero-order valence-electron chi connectivity index (χ0n) is 14.9. The standard InChI is InChI=1S/C11H20O7.C4H10.2CH4/c1-5-7(13)4-11(17-3,10(15)16)18-9(5)8(14)6(2)12;1-4(2)3;;/h5-9,12-14H,4H2,1-3H3,(H,15,16);4H,1-3H3;2*1H4/i2D;;;. The molecule has 0 aliphatic carbocycles. The summed E-state index contributed by atoms with van der Waals surface area (Å²) in [6.45, 7) is 7.60. The van der Waals surface area contributed by atoms with Crippen LogP contribution in [0.5, 0.6) is 0 Å². The van der Waals surface area contributed by atoms with Crippen molar-refractivity contribution in [2.75, 3.05) is 7.11 Å². The van der Waals surface area contributed by atoms with Crippen molar-refractivity contribution in [1.29, 1.82) is 0 Å². The summed E-state index contributed by atoms with van der Waals surface area (Å²) >= 11 is 0. The molecule has 0 aromatic rings. The molecule has 4 N–H and O–H groups in total. The van der Waals surface area contributed by atoms with Crippen LogP contribution in [-0.4, -0.2) is 63.7 Å². The van der Waals surface area contributed by atoms with E-state index >= 15 is 0 Å². The lowest BCUT2D eigenvalue weighted by atomic mass is 9.85. The molecule has 0 spiro atoms. The first kappa shape index (κ1) is 25.5. The molecule has 0 aromatic heterocycles. The number of hydrogen-bond acceptors (Lipinski definition) is 6. The summed E-state index contributed by atoms with van der Waals surface area (Å²) in [7, 11) is 1.13. The van der Waals surface area contributed by atoms with Gasteiger partial charge in [-0.1, -0.05) is 42.5 Å². The van der Waals surface area contributed by atoms with Crippen molar-refractivity contribution < 1.29 is 36.1 Å². The molecule has 6 unspecified atom stereocenters. The van der Waals surface area contributed by atoms with Crippen molar-refractivity contribution in [2.24, 2.45) is 11.8 Å². The van der Waals surface area contributed by atoms with Crippen LogP contribution in [-0.2, 0) is 14.3 Å². The third-order valence-electron chi connectivity index (χ3n) is 3.32. The van der Waals surface area contributed by atoms with Crippen molar-refractivity contribution in [3.8, 4) is 0 Å². The Labute approximate surface area is 148 Å². The van der Waals surface area contributed by atoms with Crippen LogP contribution < -0.4 is 0 Å². The number of rotatable bonds is 4. The fraction of sp³-hybridized carbons (Fsp3) is 0.941. The molecule has 1 aliphatic heterocycles. The van der Waals surface area contributed by atoms with E-state index in [4.69, 9.17) is 16.0 Å². The molecular weight excluding hydrogens is 316 g/mol. The second-order valence-electron chi connectivity index (χ2n) is 6.27. The lowest BCUT2D eigenvalue weighted by Crippen LogP contribution is -2.60. The first-order valence-corrected chi connectivity index (χ1v) is 7.32. The number of ether oxygens (including phenoxy) is 2. The molecule has 0 saturated carbocycles. The summed E-state index contributed by atoms with van der Waals surface area (Å²) in [4.78, 5) is 11.2. The highest BCUT2D eigenvalue weighted by Crippen LogP contribution is 2.35. The molecule has 6 atom stereocenters. The summed E-state index contributed by atoms with van der Waals surface area (Å²) in [6, 6.07) is 0. The van der Waals surface area contributed by atoms with Gasteiger partial charge in [0.25, 0.3) is 5.79 Å². The Kier molecular flexibility index (Phi) is 12.5. The van der Waals surface area contributed by atoms with Crippen molar-refractivity contribution in [1.82, 2.24) is 0 Å². The minimum Gasteiger partial charge on any atom is -0.477 e. The average Bonchev–Trinajstić information content (AvgIpc) is 2.47.